The number of fused-ring (bicyclic) bond motifs is 2. The van der Waals surface area contributed by atoms with Crippen molar-refractivity contribution in [2.24, 2.45) is 0 Å². The number of nitrogen functional groups attached to an aromatic ring is 1. The molecule has 0 spiro atoms. The summed E-state index contributed by atoms with van der Waals surface area (Å²) in [7, 11) is 0. The summed E-state index contributed by atoms with van der Waals surface area (Å²) in [5.74, 6) is 1.98. The van der Waals surface area contributed by atoms with Gasteiger partial charge < -0.3 is 15.2 Å². The highest BCUT2D eigenvalue weighted by Gasteiger charge is 2.21. The van der Waals surface area contributed by atoms with E-state index < -0.39 is 0 Å². The van der Waals surface area contributed by atoms with Gasteiger partial charge in [-0.15, -0.1) is 0 Å². The largest absolute Gasteiger partial charge is 0.454 e. The fourth-order valence-corrected chi connectivity index (χ4v) is 3.36. The van der Waals surface area contributed by atoms with Crippen molar-refractivity contribution < 1.29 is 9.47 Å². The van der Waals surface area contributed by atoms with Crippen LogP contribution in [0, 0.1) is 0 Å². The second kappa shape index (κ2) is 4.64. The van der Waals surface area contributed by atoms with Crippen LogP contribution in [0.1, 0.15) is 0 Å². The number of nitrogens with zero attached hydrogens (tertiary/aromatic N) is 2. The van der Waals surface area contributed by atoms with E-state index in [-0.39, 0.29) is 6.79 Å². The molecule has 106 valence electrons. The number of aromatic nitrogens is 2. The Labute approximate surface area is 136 Å². The summed E-state index contributed by atoms with van der Waals surface area (Å²) >= 11 is 6.98. The molecule has 21 heavy (non-hydrogen) atoms. The Bertz CT molecular complexity index is 876. The molecule has 3 aromatic rings. The lowest BCUT2D eigenvalue weighted by molar-refractivity contribution is 0.173. The van der Waals surface area contributed by atoms with Crippen molar-refractivity contribution in [2.75, 3.05) is 12.5 Å². The normalized spacial score (nSPS) is 13.0. The molecular formula is C14H9Br2N3O2. The Morgan fingerprint density at radius 3 is 2.86 bits per heavy atom. The number of rotatable bonds is 1. The first-order chi connectivity index (χ1) is 10.1. The third-order valence-electron chi connectivity index (χ3n) is 3.34. The summed E-state index contributed by atoms with van der Waals surface area (Å²) in [6.45, 7) is 0.226. The Morgan fingerprint density at radius 1 is 1.19 bits per heavy atom. The lowest BCUT2D eigenvalue weighted by atomic mass is 10.1. The lowest BCUT2D eigenvalue weighted by Gasteiger charge is -2.04. The first kappa shape index (κ1) is 13.0. The van der Waals surface area contributed by atoms with E-state index in [9.17, 15) is 0 Å². The van der Waals surface area contributed by atoms with Gasteiger partial charge in [0.15, 0.2) is 17.1 Å². The number of hydrogen-bond acceptors (Lipinski definition) is 4. The van der Waals surface area contributed by atoms with Gasteiger partial charge in [-0.25, -0.2) is 4.98 Å². The van der Waals surface area contributed by atoms with Crippen molar-refractivity contribution in [3.8, 4) is 22.8 Å². The second-order valence-corrected chi connectivity index (χ2v) is 6.30. The van der Waals surface area contributed by atoms with Gasteiger partial charge in [0.25, 0.3) is 0 Å². The quantitative estimate of drug-likeness (QED) is 0.662. The number of benzene rings is 1. The SMILES string of the molecule is Nc1c(-c2cc(Br)c3c(c2)OCO3)nc2c(Br)cccn12. The van der Waals surface area contributed by atoms with E-state index in [1.165, 1.54) is 0 Å². The van der Waals surface area contributed by atoms with Crippen LogP contribution < -0.4 is 15.2 Å². The lowest BCUT2D eigenvalue weighted by Crippen LogP contribution is -1.94. The molecule has 2 N–H and O–H groups in total. The van der Waals surface area contributed by atoms with E-state index in [1.54, 1.807) is 0 Å². The highest BCUT2D eigenvalue weighted by atomic mass is 79.9. The van der Waals surface area contributed by atoms with E-state index >= 15 is 0 Å². The van der Waals surface area contributed by atoms with Gasteiger partial charge in [-0.05, 0) is 56.1 Å². The van der Waals surface area contributed by atoms with Crippen LogP contribution in [-0.2, 0) is 0 Å². The second-order valence-electron chi connectivity index (χ2n) is 4.59. The van der Waals surface area contributed by atoms with Crippen LogP contribution in [-0.4, -0.2) is 16.2 Å². The molecule has 0 bridgehead atoms. The molecule has 0 aliphatic carbocycles. The fraction of sp³-hybridized carbons (Fsp3) is 0.0714. The summed E-state index contributed by atoms with van der Waals surface area (Å²) in [6.07, 6.45) is 1.88. The maximum absolute atomic E-state index is 6.23. The minimum absolute atomic E-state index is 0.226. The molecule has 1 aliphatic rings. The van der Waals surface area contributed by atoms with Crippen molar-refractivity contribution in [1.29, 1.82) is 0 Å². The molecule has 3 heterocycles. The number of ether oxygens (including phenoxy) is 2. The molecule has 1 aromatic carbocycles. The van der Waals surface area contributed by atoms with Crippen molar-refractivity contribution in [3.63, 3.8) is 0 Å². The van der Waals surface area contributed by atoms with E-state index in [4.69, 9.17) is 15.2 Å². The molecule has 0 saturated carbocycles. The van der Waals surface area contributed by atoms with E-state index in [0.29, 0.717) is 23.0 Å². The molecule has 0 atom stereocenters. The Morgan fingerprint density at radius 2 is 2.05 bits per heavy atom. The summed E-state index contributed by atoms with van der Waals surface area (Å²) in [5, 5.41) is 0. The molecule has 0 fully saturated rings. The summed E-state index contributed by atoms with van der Waals surface area (Å²) in [5.41, 5.74) is 8.59. The average molecular weight is 411 g/mol. The number of nitrogens with two attached hydrogens (primary N) is 1. The van der Waals surface area contributed by atoms with Crippen molar-refractivity contribution in [2.45, 2.75) is 0 Å². The Hall–Kier alpha value is -1.73. The standard InChI is InChI=1S/C14H9Br2N3O2/c15-8-2-1-3-19-13(17)11(18-14(8)19)7-4-9(16)12-10(5-7)20-6-21-12/h1-5H,6,17H2. The van der Waals surface area contributed by atoms with Crippen molar-refractivity contribution >= 4 is 43.3 Å². The number of halogens is 2. The van der Waals surface area contributed by atoms with Crippen LogP contribution in [0.5, 0.6) is 11.5 Å². The van der Waals surface area contributed by atoms with Gasteiger partial charge in [-0.2, -0.15) is 0 Å². The third-order valence-corrected chi connectivity index (χ3v) is 4.55. The van der Waals surface area contributed by atoms with Crippen molar-refractivity contribution in [1.82, 2.24) is 9.38 Å². The van der Waals surface area contributed by atoms with Gasteiger partial charge in [0.1, 0.15) is 11.5 Å². The first-order valence-corrected chi connectivity index (χ1v) is 7.75. The summed E-state index contributed by atoms with van der Waals surface area (Å²) < 4.78 is 14.4. The number of anilines is 1. The van der Waals surface area contributed by atoms with Crippen LogP contribution in [0.15, 0.2) is 39.4 Å². The molecular weight excluding hydrogens is 402 g/mol. The molecule has 0 amide bonds. The van der Waals surface area contributed by atoms with Crippen LogP contribution in [0.3, 0.4) is 0 Å². The van der Waals surface area contributed by atoms with Gasteiger partial charge in [0.05, 0.1) is 8.95 Å². The van der Waals surface area contributed by atoms with Crippen LogP contribution in [0.25, 0.3) is 16.9 Å². The maximum atomic E-state index is 6.23. The highest BCUT2D eigenvalue weighted by molar-refractivity contribution is 9.11. The van der Waals surface area contributed by atoms with Crippen LogP contribution in [0.2, 0.25) is 0 Å². The molecule has 2 aromatic heterocycles. The molecule has 0 saturated heterocycles. The van der Waals surface area contributed by atoms with Gasteiger partial charge in [-0.1, -0.05) is 0 Å². The predicted molar refractivity (Wildman–Crippen MR) is 86.6 cm³/mol. The Kier molecular flexibility index (Phi) is 2.87. The molecule has 0 radical (unpaired) electrons. The van der Waals surface area contributed by atoms with Gasteiger partial charge in [0.2, 0.25) is 6.79 Å². The maximum Gasteiger partial charge on any atom is 0.231 e. The van der Waals surface area contributed by atoms with Crippen LogP contribution in [0.4, 0.5) is 5.82 Å². The monoisotopic (exact) mass is 409 g/mol. The molecule has 5 nitrogen and oxygen atoms in total. The summed E-state index contributed by atoms with van der Waals surface area (Å²) in [6, 6.07) is 7.66. The zero-order valence-electron chi connectivity index (χ0n) is 10.6. The molecule has 4 rings (SSSR count). The molecule has 1 aliphatic heterocycles. The number of imidazole rings is 1. The predicted octanol–water partition coefficient (Wildman–Crippen LogP) is 3.84. The highest BCUT2D eigenvalue weighted by Crippen LogP contribution is 2.43. The van der Waals surface area contributed by atoms with Crippen molar-refractivity contribution in [3.05, 3.63) is 39.4 Å². The smallest absolute Gasteiger partial charge is 0.231 e. The minimum Gasteiger partial charge on any atom is -0.454 e. The molecule has 7 heteroatoms. The van der Waals surface area contributed by atoms with E-state index in [1.807, 2.05) is 34.9 Å². The van der Waals surface area contributed by atoms with Gasteiger partial charge in [-0.3, -0.25) is 4.40 Å². The average Bonchev–Trinajstić information content (AvgIpc) is 3.05. The van der Waals surface area contributed by atoms with Gasteiger partial charge >= 0.3 is 0 Å². The fourth-order valence-electron chi connectivity index (χ4n) is 2.37. The topological polar surface area (TPSA) is 61.8 Å². The first-order valence-electron chi connectivity index (χ1n) is 6.16. The van der Waals surface area contributed by atoms with E-state index in [0.717, 1.165) is 20.2 Å². The number of hydrogen-bond donors (Lipinski definition) is 1. The Balaban J connectivity index is 1.97. The minimum atomic E-state index is 0.226. The van der Waals surface area contributed by atoms with Crippen LogP contribution >= 0.6 is 31.9 Å². The van der Waals surface area contributed by atoms with E-state index in [2.05, 4.69) is 36.8 Å². The number of pyridine rings is 1. The third kappa shape index (κ3) is 1.91. The summed E-state index contributed by atoms with van der Waals surface area (Å²) in [4.78, 5) is 4.62. The molecule has 0 unspecified atom stereocenters. The zero-order chi connectivity index (χ0) is 14.6. The van der Waals surface area contributed by atoms with Gasteiger partial charge in [0, 0.05) is 11.8 Å². The zero-order valence-corrected chi connectivity index (χ0v) is 13.8.